The second-order valence-corrected chi connectivity index (χ2v) is 4.60. The Morgan fingerprint density at radius 2 is 2.39 bits per heavy atom. The molecule has 0 aromatic carbocycles. The van der Waals surface area contributed by atoms with Crippen LogP contribution in [0.5, 0.6) is 0 Å². The van der Waals surface area contributed by atoms with Crippen LogP contribution in [-0.2, 0) is 0 Å². The van der Waals surface area contributed by atoms with Gasteiger partial charge in [-0.2, -0.15) is 5.10 Å². The Morgan fingerprint density at radius 1 is 1.56 bits per heavy atom. The van der Waals surface area contributed by atoms with Crippen LogP contribution in [0.3, 0.4) is 0 Å². The third-order valence-electron chi connectivity index (χ3n) is 3.43. The number of rotatable bonds is 2. The first kappa shape index (κ1) is 11.0. The summed E-state index contributed by atoms with van der Waals surface area (Å²) in [6, 6.07) is 2.34. The van der Waals surface area contributed by atoms with Crippen LogP contribution in [0.4, 0.5) is 5.82 Å². The minimum Gasteiger partial charge on any atom is -0.477 e. The molecule has 6 nitrogen and oxygen atoms in total. The maximum absolute atomic E-state index is 11.1. The zero-order chi connectivity index (χ0) is 12.7. The van der Waals surface area contributed by atoms with Gasteiger partial charge in [0.2, 0.25) is 0 Å². The normalized spacial score (nSPS) is 19.6. The molecule has 0 aliphatic carbocycles. The lowest BCUT2D eigenvalue weighted by molar-refractivity contribution is 0.0699. The van der Waals surface area contributed by atoms with Crippen molar-refractivity contribution in [3.63, 3.8) is 0 Å². The fourth-order valence-electron chi connectivity index (χ4n) is 2.44. The quantitative estimate of drug-likeness (QED) is 0.867. The van der Waals surface area contributed by atoms with Crippen LogP contribution in [0, 0.1) is 0 Å². The average molecular weight is 246 g/mol. The molecule has 18 heavy (non-hydrogen) atoms. The molecule has 94 valence electrons. The third kappa shape index (κ3) is 1.61. The number of hydrogen-bond acceptors (Lipinski definition) is 4. The molecule has 1 aliphatic heterocycles. The maximum Gasteiger partial charge on any atom is 0.341 e. The van der Waals surface area contributed by atoms with E-state index in [1.54, 1.807) is 6.20 Å². The van der Waals surface area contributed by atoms with E-state index in [-0.39, 0.29) is 5.56 Å². The Morgan fingerprint density at radius 3 is 3.06 bits per heavy atom. The second kappa shape index (κ2) is 3.97. The van der Waals surface area contributed by atoms with E-state index in [2.05, 4.69) is 21.9 Å². The molecule has 0 amide bonds. The Labute approximate surface area is 104 Å². The van der Waals surface area contributed by atoms with Gasteiger partial charge in [0.25, 0.3) is 0 Å². The van der Waals surface area contributed by atoms with E-state index in [9.17, 15) is 4.79 Å². The van der Waals surface area contributed by atoms with Crippen LogP contribution in [0.2, 0.25) is 0 Å². The molecule has 1 aliphatic rings. The predicted octanol–water partition coefficient (Wildman–Crippen LogP) is 1.42. The van der Waals surface area contributed by atoms with Gasteiger partial charge >= 0.3 is 5.97 Å². The molecule has 0 bridgehead atoms. The lowest BCUT2D eigenvalue weighted by Gasteiger charge is -2.22. The zero-order valence-corrected chi connectivity index (χ0v) is 10.1. The fourth-order valence-corrected chi connectivity index (χ4v) is 2.44. The number of hydrogen-bond donors (Lipinski definition) is 1. The Bertz CT molecular complexity index is 607. The molecule has 0 spiro atoms. The smallest absolute Gasteiger partial charge is 0.341 e. The van der Waals surface area contributed by atoms with Crippen molar-refractivity contribution in [2.45, 2.75) is 25.8 Å². The standard InChI is InChI=1S/C12H14N4O2/c1-8-3-2-5-15(8)10-4-6-16-11(14-10)9(7-13-16)12(17)18/h4,6-8H,2-3,5H2,1H3,(H,17,18)/t8-/m1/s1. The number of fused-ring (bicyclic) bond motifs is 1. The van der Waals surface area contributed by atoms with E-state index >= 15 is 0 Å². The highest BCUT2D eigenvalue weighted by Crippen LogP contribution is 2.24. The highest BCUT2D eigenvalue weighted by atomic mass is 16.4. The van der Waals surface area contributed by atoms with Crippen molar-refractivity contribution in [2.24, 2.45) is 0 Å². The molecule has 2 aromatic heterocycles. The van der Waals surface area contributed by atoms with Gasteiger partial charge in [0.15, 0.2) is 5.65 Å². The van der Waals surface area contributed by atoms with Gasteiger partial charge in [-0.15, -0.1) is 0 Å². The highest BCUT2D eigenvalue weighted by Gasteiger charge is 2.22. The topological polar surface area (TPSA) is 70.7 Å². The second-order valence-electron chi connectivity index (χ2n) is 4.60. The van der Waals surface area contributed by atoms with Gasteiger partial charge < -0.3 is 10.0 Å². The van der Waals surface area contributed by atoms with E-state index in [1.165, 1.54) is 10.7 Å². The van der Waals surface area contributed by atoms with Gasteiger partial charge in [-0.1, -0.05) is 0 Å². The van der Waals surface area contributed by atoms with Gasteiger partial charge in [0, 0.05) is 18.8 Å². The molecule has 1 saturated heterocycles. The van der Waals surface area contributed by atoms with E-state index in [0.29, 0.717) is 11.7 Å². The molecule has 3 heterocycles. The minimum absolute atomic E-state index is 0.142. The van der Waals surface area contributed by atoms with E-state index < -0.39 is 5.97 Å². The van der Waals surface area contributed by atoms with Crippen molar-refractivity contribution in [2.75, 3.05) is 11.4 Å². The van der Waals surface area contributed by atoms with Gasteiger partial charge in [-0.3, -0.25) is 0 Å². The summed E-state index contributed by atoms with van der Waals surface area (Å²) >= 11 is 0. The zero-order valence-electron chi connectivity index (χ0n) is 10.1. The lowest BCUT2D eigenvalue weighted by Crippen LogP contribution is -2.27. The molecule has 0 unspecified atom stereocenters. The monoisotopic (exact) mass is 246 g/mol. The SMILES string of the molecule is C[C@@H]1CCCN1c1ccn2ncc(C(=O)O)c2n1. The Hall–Kier alpha value is -2.11. The van der Waals surface area contributed by atoms with Crippen LogP contribution in [-0.4, -0.2) is 38.3 Å². The molecule has 1 fully saturated rings. The Balaban J connectivity index is 2.09. The molecular weight excluding hydrogens is 232 g/mol. The van der Waals surface area contributed by atoms with Crippen molar-refractivity contribution in [1.82, 2.24) is 14.6 Å². The summed E-state index contributed by atoms with van der Waals surface area (Å²) < 4.78 is 1.49. The fraction of sp³-hybridized carbons (Fsp3) is 0.417. The summed E-state index contributed by atoms with van der Waals surface area (Å²) in [5.74, 6) is -0.167. The highest BCUT2D eigenvalue weighted by molar-refractivity contribution is 5.94. The van der Waals surface area contributed by atoms with Crippen LogP contribution in [0.15, 0.2) is 18.5 Å². The van der Waals surface area contributed by atoms with Crippen molar-refractivity contribution >= 4 is 17.4 Å². The number of aromatic nitrogens is 3. The predicted molar refractivity (Wildman–Crippen MR) is 66.0 cm³/mol. The van der Waals surface area contributed by atoms with Gasteiger partial charge in [-0.25, -0.2) is 14.3 Å². The van der Waals surface area contributed by atoms with E-state index in [4.69, 9.17) is 5.11 Å². The van der Waals surface area contributed by atoms with Crippen molar-refractivity contribution in [1.29, 1.82) is 0 Å². The molecule has 1 atom stereocenters. The van der Waals surface area contributed by atoms with Gasteiger partial charge in [0.05, 0.1) is 6.20 Å². The molecule has 3 rings (SSSR count). The average Bonchev–Trinajstić information content (AvgIpc) is 2.93. The summed E-state index contributed by atoms with van der Waals surface area (Å²) in [6.07, 6.45) is 5.40. The van der Waals surface area contributed by atoms with Crippen LogP contribution < -0.4 is 4.90 Å². The van der Waals surface area contributed by atoms with Crippen LogP contribution in [0.1, 0.15) is 30.1 Å². The number of anilines is 1. The number of carboxylic acid groups (broad SMARTS) is 1. The minimum atomic E-state index is -0.996. The molecule has 0 saturated carbocycles. The molecule has 1 N–H and O–H groups in total. The number of aromatic carboxylic acids is 1. The number of carboxylic acids is 1. The summed E-state index contributed by atoms with van der Waals surface area (Å²) in [5, 5.41) is 13.1. The van der Waals surface area contributed by atoms with E-state index in [0.717, 1.165) is 25.2 Å². The summed E-state index contributed by atoms with van der Waals surface area (Å²) in [7, 11) is 0. The molecular formula is C12H14N4O2. The number of carbonyl (C=O) groups is 1. The first-order valence-corrected chi connectivity index (χ1v) is 6.01. The maximum atomic E-state index is 11.1. The van der Waals surface area contributed by atoms with Crippen molar-refractivity contribution < 1.29 is 9.90 Å². The molecule has 2 aromatic rings. The van der Waals surface area contributed by atoms with Crippen molar-refractivity contribution in [3.05, 3.63) is 24.0 Å². The van der Waals surface area contributed by atoms with E-state index in [1.807, 2.05) is 6.07 Å². The molecule has 6 heteroatoms. The third-order valence-corrected chi connectivity index (χ3v) is 3.43. The molecule has 0 radical (unpaired) electrons. The Kier molecular flexibility index (Phi) is 2.43. The summed E-state index contributed by atoms with van der Waals surface area (Å²) in [6.45, 7) is 3.13. The van der Waals surface area contributed by atoms with Crippen LogP contribution >= 0.6 is 0 Å². The van der Waals surface area contributed by atoms with Crippen molar-refractivity contribution in [3.8, 4) is 0 Å². The largest absolute Gasteiger partial charge is 0.477 e. The van der Waals surface area contributed by atoms with Crippen LogP contribution in [0.25, 0.3) is 5.65 Å². The first-order chi connectivity index (χ1) is 8.66. The summed E-state index contributed by atoms with van der Waals surface area (Å²) in [5.41, 5.74) is 0.544. The lowest BCUT2D eigenvalue weighted by atomic mass is 10.2. The first-order valence-electron chi connectivity index (χ1n) is 6.01. The summed E-state index contributed by atoms with van der Waals surface area (Å²) in [4.78, 5) is 17.7. The van der Waals surface area contributed by atoms with Gasteiger partial charge in [-0.05, 0) is 25.8 Å². The number of nitrogens with zero attached hydrogens (tertiary/aromatic N) is 4. The van der Waals surface area contributed by atoms with Gasteiger partial charge in [0.1, 0.15) is 11.4 Å².